The van der Waals surface area contributed by atoms with E-state index in [-0.39, 0.29) is 29.1 Å². The first-order valence-corrected chi connectivity index (χ1v) is 7.88. The van der Waals surface area contributed by atoms with Gasteiger partial charge in [0.2, 0.25) is 0 Å². The summed E-state index contributed by atoms with van der Waals surface area (Å²) in [6, 6.07) is 4.49. The number of carbonyl (C=O) groups is 1. The molecule has 1 fully saturated rings. The van der Waals surface area contributed by atoms with E-state index >= 15 is 0 Å². The molecule has 2 unspecified atom stereocenters. The van der Waals surface area contributed by atoms with Crippen LogP contribution in [-0.4, -0.2) is 33.0 Å². The zero-order chi connectivity index (χ0) is 17.1. The van der Waals surface area contributed by atoms with Crippen LogP contribution in [0.3, 0.4) is 0 Å². The average molecular weight is 329 g/mol. The van der Waals surface area contributed by atoms with Crippen molar-refractivity contribution in [1.82, 2.24) is 14.9 Å². The van der Waals surface area contributed by atoms with Crippen LogP contribution in [0, 0.1) is 16.0 Å². The maximum Gasteiger partial charge on any atom is 0.294 e. The van der Waals surface area contributed by atoms with E-state index in [2.05, 4.69) is 10.3 Å². The van der Waals surface area contributed by atoms with Crippen molar-refractivity contribution >= 4 is 11.6 Å². The summed E-state index contributed by atoms with van der Waals surface area (Å²) in [7, 11) is 0. The number of carbonyl (C=O) groups excluding carboxylic acids is 1. The van der Waals surface area contributed by atoms with Gasteiger partial charge in [-0.05, 0) is 37.4 Å². The van der Waals surface area contributed by atoms with Crippen LogP contribution in [0.2, 0.25) is 0 Å². The minimum atomic E-state index is -0.496. The molecule has 1 heterocycles. The minimum absolute atomic E-state index is 0.0369. The molecule has 0 bridgehead atoms. The first kappa shape index (κ1) is 16.1. The van der Waals surface area contributed by atoms with Gasteiger partial charge in [-0.15, -0.1) is 0 Å². The van der Waals surface area contributed by atoms with E-state index in [1.54, 1.807) is 22.9 Å². The molecule has 8 nitrogen and oxygen atoms in total. The Kier molecular flexibility index (Phi) is 4.57. The Balaban J connectivity index is 1.85. The summed E-state index contributed by atoms with van der Waals surface area (Å²) < 4.78 is 1.54. The Bertz CT molecular complexity index is 744. The van der Waals surface area contributed by atoms with Crippen molar-refractivity contribution in [3.63, 3.8) is 0 Å². The number of nitrogens with zero attached hydrogens (tertiary/aromatic N) is 3. The standard InChI is InChI=1S/C16H19N5O3/c17-9-12-2-1-3-13(12)19-16(22)11-4-5-14(15(8-11)21(23)24)20-7-6-18-10-20/h4-8,10,12-13H,1-3,9,17H2,(H,19,22). The summed E-state index contributed by atoms with van der Waals surface area (Å²) in [6.07, 6.45) is 7.56. The highest BCUT2D eigenvalue weighted by Crippen LogP contribution is 2.27. The van der Waals surface area contributed by atoms with Crippen molar-refractivity contribution in [2.45, 2.75) is 25.3 Å². The quantitative estimate of drug-likeness (QED) is 0.639. The summed E-state index contributed by atoms with van der Waals surface area (Å²) in [5, 5.41) is 14.3. The van der Waals surface area contributed by atoms with E-state index in [0.717, 1.165) is 19.3 Å². The van der Waals surface area contributed by atoms with Gasteiger partial charge in [0, 0.05) is 30.1 Å². The van der Waals surface area contributed by atoms with Gasteiger partial charge >= 0.3 is 0 Å². The van der Waals surface area contributed by atoms with Gasteiger partial charge in [0.15, 0.2) is 0 Å². The Labute approximate surface area is 138 Å². The molecule has 24 heavy (non-hydrogen) atoms. The minimum Gasteiger partial charge on any atom is -0.349 e. The molecule has 8 heteroatoms. The van der Waals surface area contributed by atoms with Gasteiger partial charge in [0.1, 0.15) is 5.69 Å². The van der Waals surface area contributed by atoms with Crippen LogP contribution in [-0.2, 0) is 0 Å². The molecule has 1 aromatic heterocycles. The molecule has 1 aliphatic rings. The molecule has 1 aromatic carbocycles. The third-order valence-corrected chi connectivity index (χ3v) is 4.50. The SMILES string of the molecule is NCC1CCCC1NC(=O)c1ccc(-n2ccnc2)c([N+](=O)[O-])c1. The number of amides is 1. The molecule has 2 atom stereocenters. The van der Waals surface area contributed by atoms with Gasteiger partial charge in [0.25, 0.3) is 11.6 Å². The maximum absolute atomic E-state index is 12.4. The summed E-state index contributed by atoms with van der Waals surface area (Å²) in [5.74, 6) is -0.0326. The van der Waals surface area contributed by atoms with Crippen LogP contribution in [0.4, 0.5) is 5.69 Å². The lowest BCUT2D eigenvalue weighted by atomic mass is 10.0. The molecular weight excluding hydrogens is 310 g/mol. The van der Waals surface area contributed by atoms with E-state index in [1.807, 2.05) is 0 Å². The fourth-order valence-electron chi connectivity index (χ4n) is 3.19. The van der Waals surface area contributed by atoms with E-state index in [0.29, 0.717) is 12.2 Å². The molecular formula is C16H19N5O3. The first-order chi connectivity index (χ1) is 11.6. The second-order valence-corrected chi connectivity index (χ2v) is 5.94. The smallest absolute Gasteiger partial charge is 0.294 e. The Morgan fingerprint density at radius 1 is 1.46 bits per heavy atom. The number of nitrogens with two attached hydrogens (primary N) is 1. The zero-order valence-electron chi connectivity index (χ0n) is 13.1. The van der Waals surface area contributed by atoms with Crippen LogP contribution >= 0.6 is 0 Å². The predicted molar refractivity (Wildman–Crippen MR) is 87.9 cm³/mol. The van der Waals surface area contributed by atoms with Crippen molar-refractivity contribution in [1.29, 1.82) is 0 Å². The highest BCUT2D eigenvalue weighted by atomic mass is 16.6. The molecule has 1 aliphatic carbocycles. The summed E-state index contributed by atoms with van der Waals surface area (Å²) in [4.78, 5) is 27.2. The second-order valence-electron chi connectivity index (χ2n) is 5.94. The molecule has 126 valence electrons. The van der Waals surface area contributed by atoms with Gasteiger partial charge in [-0.25, -0.2) is 4.98 Å². The van der Waals surface area contributed by atoms with E-state index < -0.39 is 4.92 Å². The molecule has 1 amide bonds. The predicted octanol–water partition coefficient (Wildman–Crippen LogP) is 1.64. The van der Waals surface area contributed by atoms with Crippen molar-refractivity contribution in [3.05, 3.63) is 52.6 Å². The monoisotopic (exact) mass is 329 g/mol. The van der Waals surface area contributed by atoms with Gasteiger partial charge < -0.3 is 15.6 Å². The van der Waals surface area contributed by atoms with Crippen molar-refractivity contribution in [3.8, 4) is 5.69 Å². The molecule has 3 rings (SSSR count). The fourth-order valence-corrected chi connectivity index (χ4v) is 3.19. The second kappa shape index (κ2) is 6.79. The lowest BCUT2D eigenvalue weighted by Gasteiger charge is -2.19. The highest BCUT2D eigenvalue weighted by molar-refractivity contribution is 5.95. The van der Waals surface area contributed by atoms with Crippen molar-refractivity contribution in [2.75, 3.05) is 6.54 Å². The zero-order valence-corrected chi connectivity index (χ0v) is 13.1. The summed E-state index contributed by atoms with van der Waals surface area (Å²) in [6.45, 7) is 0.532. The Morgan fingerprint density at radius 2 is 2.29 bits per heavy atom. The van der Waals surface area contributed by atoms with Gasteiger partial charge in [-0.2, -0.15) is 0 Å². The summed E-state index contributed by atoms with van der Waals surface area (Å²) in [5.41, 5.74) is 6.23. The van der Waals surface area contributed by atoms with Crippen molar-refractivity contribution in [2.24, 2.45) is 11.7 Å². The number of nitro groups is 1. The first-order valence-electron chi connectivity index (χ1n) is 7.88. The Morgan fingerprint density at radius 3 is 2.96 bits per heavy atom. The van der Waals surface area contributed by atoms with Crippen LogP contribution in [0.25, 0.3) is 5.69 Å². The molecule has 1 saturated carbocycles. The Hall–Kier alpha value is -2.74. The molecule has 0 spiro atoms. The summed E-state index contributed by atoms with van der Waals surface area (Å²) >= 11 is 0. The van der Waals surface area contributed by atoms with E-state index in [1.165, 1.54) is 18.6 Å². The number of benzene rings is 1. The molecule has 0 aliphatic heterocycles. The third-order valence-electron chi connectivity index (χ3n) is 4.50. The normalized spacial score (nSPS) is 20.0. The van der Waals surface area contributed by atoms with E-state index in [9.17, 15) is 14.9 Å². The number of aromatic nitrogens is 2. The maximum atomic E-state index is 12.4. The van der Waals surface area contributed by atoms with Gasteiger partial charge in [-0.1, -0.05) is 6.42 Å². The van der Waals surface area contributed by atoms with Gasteiger partial charge in [-0.3, -0.25) is 14.9 Å². The van der Waals surface area contributed by atoms with Crippen LogP contribution in [0.15, 0.2) is 36.9 Å². The van der Waals surface area contributed by atoms with Crippen LogP contribution in [0.5, 0.6) is 0 Å². The average Bonchev–Trinajstić information content (AvgIpc) is 3.25. The molecule has 3 N–H and O–H groups in total. The lowest BCUT2D eigenvalue weighted by molar-refractivity contribution is -0.384. The van der Waals surface area contributed by atoms with Crippen LogP contribution < -0.4 is 11.1 Å². The van der Waals surface area contributed by atoms with Gasteiger partial charge in [0.05, 0.1) is 11.3 Å². The number of rotatable bonds is 5. The number of hydrogen-bond acceptors (Lipinski definition) is 5. The largest absolute Gasteiger partial charge is 0.349 e. The molecule has 0 radical (unpaired) electrons. The fraction of sp³-hybridized carbons (Fsp3) is 0.375. The topological polar surface area (TPSA) is 116 Å². The number of nitrogens with one attached hydrogen (secondary N) is 1. The number of nitro benzene ring substituents is 1. The number of hydrogen-bond donors (Lipinski definition) is 2. The van der Waals surface area contributed by atoms with E-state index in [4.69, 9.17) is 5.73 Å². The number of imidazole rings is 1. The lowest BCUT2D eigenvalue weighted by Crippen LogP contribution is -2.39. The highest BCUT2D eigenvalue weighted by Gasteiger charge is 2.28. The van der Waals surface area contributed by atoms with Crippen LogP contribution in [0.1, 0.15) is 29.6 Å². The van der Waals surface area contributed by atoms with Crippen molar-refractivity contribution < 1.29 is 9.72 Å². The third kappa shape index (κ3) is 3.13. The molecule has 2 aromatic rings. The molecule has 0 saturated heterocycles.